The fourth-order valence-electron chi connectivity index (χ4n) is 1.30. The summed E-state index contributed by atoms with van der Waals surface area (Å²) in [7, 11) is 0. The average molecular weight is 276 g/mol. The van der Waals surface area contributed by atoms with Crippen molar-refractivity contribution in [2.75, 3.05) is 0 Å². The van der Waals surface area contributed by atoms with Gasteiger partial charge in [-0.2, -0.15) is 0 Å². The van der Waals surface area contributed by atoms with Gasteiger partial charge >= 0.3 is 0 Å². The van der Waals surface area contributed by atoms with Gasteiger partial charge in [-0.05, 0) is 25.0 Å². The number of benzene rings is 1. The van der Waals surface area contributed by atoms with E-state index in [0.717, 1.165) is 16.7 Å². The Morgan fingerprint density at radius 3 is 2.64 bits per heavy atom. The van der Waals surface area contributed by atoms with E-state index in [2.05, 4.69) is 15.9 Å². The molecule has 1 atom stereocenters. The molecule has 0 fully saturated rings. The average Bonchev–Trinajstić information content (AvgIpc) is 2.16. The van der Waals surface area contributed by atoms with Crippen molar-refractivity contribution in [3.63, 3.8) is 0 Å². The minimum absolute atomic E-state index is 0.114. The van der Waals surface area contributed by atoms with Crippen LogP contribution in [0.3, 0.4) is 0 Å². The molecule has 14 heavy (non-hydrogen) atoms. The minimum atomic E-state index is -0.136. The predicted octanol–water partition coefficient (Wildman–Crippen LogP) is 3.70. The normalized spacial score (nSPS) is 12.6. The molecule has 0 saturated carbocycles. The van der Waals surface area contributed by atoms with Crippen LogP contribution in [0.2, 0.25) is 0 Å². The number of carbonyl (C=O) groups excluding carboxylic acids is 1. The van der Waals surface area contributed by atoms with Crippen LogP contribution in [0, 0.1) is 6.92 Å². The van der Waals surface area contributed by atoms with E-state index in [9.17, 15) is 4.79 Å². The lowest BCUT2D eigenvalue weighted by atomic mass is 10.0. The van der Waals surface area contributed by atoms with Crippen LogP contribution in [0.25, 0.3) is 0 Å². The molecule has 0 saturated heterocycles. The highest BCUT2D eigenvalue weighted by Crippen LogP contribution is 2.16. The van der Waals surface area contributed by atoms with Gasteiger partial charge in [0.05, 0.1) is 4.83 Å². The topological polar surface area (TPSA) is 17.1 Å². The Kier molecular flexibility index (Phi) is 4.14. The molecule has 1 aromatic carbocycles. The van der Waals surface area contributed by atoms with Crippen molar-refractivity contribution in [3.05, 3.63) is 34.9 Å². The number of hydrogen-bond acceptors (Lipinski definition) is 1. The maximum Gasteiger partial charge on any atom is 0.176 e. The molecule has 0 aliphatic rings. The largest absolute Gasteiger partial charge is 0.293 e. The third-order valence-electron chi connectivity index (χ3n) is 2.07. The lowest BCUT2D eigenvalue weighted by Crippen LogP contribution is -2.11. The highest BCUT2D eigenvalue weighted by atomic mass is 79.9. The first-order valence-electron chi connectivity index (χ1n) is 4.40. The Bertz CT molecular complexity index is 347. The second-order valence-electron chi connectivity index (χ2n) is 3.26. The zero-order valence-corrected chi connectivity index (χ0v) is 10.5. The third kappa shape index (κ3) is 2.58. The summed E-state index contributed by atoms with van der Waals surface area (Å²) in [6.07, 6.45) is 0. The van der Waals surface area contributed by atoms with Crippen molar-refractivity contribution < 1.29 is 4.79 Å². The second kappa shape index (κ2) is 4.94. The number of carbonyl (C=O) groups is 1. The van der Waals surface area contributed by atoms with Crippen molar-refractivity contribution in [2.45, 2.75) is 24.6 Å². The molecule has 0 spiro atoms. The van der Waals surface area contributed by atoms with E-state index >= 15 is 0 Å². The van der Waals surface area contributed by atoms with Crippen LogP contribution >= 0.6 is 27.5 Å². The molecule has 76 valence electrons. The predicted molar refractivity (Wildman–Crippen MR) is 63.5 cm³/mol. The number of Topliss-reactive ketones (excluding diaryl/α,β-unsaturated/α-hetero) is 1. The van der Waals surface area contributed by atoms with Crippen LogP contribution in [-0.4, -0.2) is 10.6 Å². The molecule has 0 N–H and O–H groups in total. The molecule has 1 nitrogen and oxygen atoms in total. The monoisotopic (exact) mass is 274 g/mol. The third-order valence-corrected chi connectivity index (χ3v) is 2.80. The Morgan fingerprint density at radius 2 is 2.21 bits per heavy atom. The Morgan fingerprint density at radius 1 is 1.57 bits per heavy atom. The second-order valence-corrected chi connectivity index (χ2v) is 4.90. The van der Waals surface area contributed by atoms with Gasteiger partial charge in [-0.3, -0.25) is 4.79 Å². The van der Waals surface area contributed by atoms with Crippen LogP contribution in [0.4, 0.5) is 0 Å². The Balaban J connectivity index is 3.06. The number of hydrogen-bond donors (Lipinski definition) is 0. The standard InChI is InChI=1S/C11H12BrClO/c1-7-5-9(6-13)3-4-10(7)11(14)8(2)12/h3-5,8H,6H2,1-2H3. The lowest BCUT2D eigenvalue weighted by molar-refractivity contribution is 0.0995. The quantitative estimate of drug-likeness (QED) is 0.607. The van der Waals surface area contributed by atoms with E-state index < -0.39 is 0 Å². The first-order valence-corrected chi connectivity index (χ1v) is 5.85. The van der Waals surface area contributed by atoms with Crippen LogP contribution in [0.5, 0.6) is 0 Å². The summed E-state index contributed by atoms with van der Waals surface area (Å²) in [5.74, 6) is 0.600. The van der Waals surface area contributed by atoms with Crippen LogP contribution in [0.15, 0.2) is 18.2 Å². The number of halogens is 2. The van der Waals surface area contributed by atoms with E-state index in [0.29, 0.717) is 5.88 Å². The Labute approximate surface area is 97.6 Å². The first-order chi connectivity index (χ1) is 6.56. The van der Waals surface area contributed by atoms with E-state index in [4.69, 9.17) is 11.6 Å². The molecule has 1 rings (SSSR count). The molecule has 0 aromatic heterocycles. The fraction of sp³-hybridized carbons (Fsp3) is 0.364. The van der Waals surface area contributed by atoms with Gasteiger partial charge in [0, 0.05) is 11.4 Å². The summed E-state index contributed by atoms with van der Waals surface area (Å²) < 4.78 is 0. The van der Waals surface area contributed by atoms with E-state index in [1.807, 2.05) is 32.0 Å². The van der Waals surface area contributed by atoms with Crippen LogP contribution < -0.4 is 0 Å². The smallest absolute Gasteiger partial charge is 0.176 e. The fourth-order valence-corrected chi connectivity index (χ4v) is 1.71. The summed E-state index contributed by atoms with van der Waals surface area (Å²) >= 11 is 8.97. The summed E-state index contributed by atoms with van der Waals surface area (Å²) in [6.45, 7) is 3.76. The van der Waals surface area contributed by atoms with Gasteiger partial charge < -0.3 is 0 Å². The molecular formula is C11H12BrClO. The first kappa shape index (κ1) is 11.7. The summed E-state index contributed by atoms with van der Waals surface area (Å²) in [6, 6.07) is 5.69. The van der Waals surface area contributed by atoms with Crippen molar-refractivity contribution in [1.29, 1.82) is 0 Å². The molecule has 0 amide bonds. The number of rotatable bonds is 3. The molecule has 0 heterocycles. The zero-order valence-electron chi connectivity index (χ0n) is 8.18. The van der Waals surface area contributed by atoms with E-state index in [-0.39, 0.29) is 10.6 Å². The molecule has 0 bridgehead atoms. The summed E-state index contributed by atoms with van der Waals surface area (Å²) in [5, 5.41) is 0. The van der Waals surface area contributed by atoms with Gasteiger partial charge in [0.25, 0.3) is 0 Å². The molecule has 0 radical (unpaired) electrons. The van der Waals surface area contributed by atoms with Crippen LogP contribution in [-0.2, 0) is 5.88 Å². The molecule has 1 aromatic rings. The number of aryl methyl sites for hydroxylation is 1. The molecule has 0 aliphatic heterocycles. The Hall–Kier alpha value is -0.340. The lowest BCUT2D eigenvalue weighted by Gasteiger charge is -2.07. The maximum atomic E-state index is 11.7. The SMILES string of the molecule is Cc1cc(CCl)ccc1C(=O)C(C)Br. The van der Waals surface area contributed by atoms with Crippen molar-refractivity contribution in [2.24, 2.45) is 0 Å². The van der Waals surface area contributed by atoms with Gasteiger partial charge in [0.1, 0.15) is 0 Å². The van der Waals surface area contributed by atoms with Gasteiger partial charge in [0.2, 0.25) is 0 Å². The molecule has 3 heteroatoms. The number of ketones is 1. The highest BCUT2D eigenvalue weighted by Gasteiger charge is 2.13. The molecule has 1 unspecified atom stereocenters. The van der Waals surface area contributed by atoms with Crippen molar-refractivity contribution in [3.8, 4) is 0 Å². The zero-order chi connectivity index (χ0) is 10.7. The number of alkyl halides is 2. The van der Waals surface area contributed by atoms with Gasteiger partial charge in [0.15, 0.2) is 5.78 Å². The summed E-state index contributed by atoms with van der Waals surface area (Å²) in [5.41, 5.74) is 2.80. The molecule has 0 aliphatic carbocycles. The van der Waals surface area contributed by atoms with Crippen molar-refractivity contribution >= 4 is 33.3 Å². The molecular weight excluding hydrogens is 263 g/mol. The van der Waals surface area contributed by atoms with Crippen LogP contribution in [0.1, 0.15) is 28.4 Å². The van der Waals surface area contributed by atoms with E-state index in [1.54, 1.807) is 0 Å². The summed E-state index contributed by atoms with van der Waals surface area (Å²) in [4.78, 5) is 11.5. The van der Waals surface area contributed by atoms with Crippen molar-refractivity contribution in [1.82, 2.24) is 0 Å². The maximum absolute atomic E-state index is 11.7. The minimum Gasteiger partial charge on any atom is -0.293 e. The van der Waals surface area contributed by atoms with Gasteiger partial charge in [-0.25, -0.2) is 0 Å². The highest BCUT2D eigenvalue weighted by molar-refractivity contribution is 9.10. The van der Waals surface area contributed by atoms with Gasteiger partial charge in [-0.1, -0.05) is 34.1 Å². The van der Waals surface area contributed by atoms with E-state index in [1.165, 1.54) is 0 Å². The van der Waals surface area contributed by atoms with Gasteiger partial charge in [-0.15, -0.1) is 11.6 Å².